The lowest BCUT2D eigenvalue weighted by atomic mass is 10.2. The van der Waals surface area contributed by atoms with Gasteiger partial charge in [0.15, 0.2) is 11.0 Å². The quantitative estimate of drug-likeness (QED) is 0.317. The molecule has 1 N–H and O–H groups in total. The molecule has 32 heavy (non-hydrogen) atoms. The number of halogens is 3. The van der Waals surface area contributed by atoms with Crippen molar-refractivity contribution in [2.45, 2.75) is 11.7 Å². The second-order valence-electron chi connectivity index (χ2n) is 6.80. The van der Waals surface area contributed by atoms with Gasteiger partial charge in [-0.25, -0.2) is 4.39 Å². The maximum atomic E-state index is 14.5. The molecule has 0 unspecified atom stereocenters. The van der Waals surface area contributed by atoms with Crippen molar-refractivity contribution >= 4 is 46.6 Å². The lowest BCUT2D eigenvalue weighted by Crippen LogP contribution is -2.15. The summed E-state index contributed by atoms with van der Waals surface area (Å²) >= 11 is 13.3. The molecule has 5 nitrogen and oxygen atoms in total. The van der Waals surface area contributed by atoms with Crippen molar-refractivity contribution in [3.63, 3.8) is 0 Å². The van der Waals surface area contributed by atoms with Gasteiger partial charge in [-0.2, -0.15) is 0 Å². The Bertz CT molecular complexity index is 1250. The number of hydrogen-bond acceptors (Lipinski definition) is 4. The highest BCUT2D eigenvalue weighted by atomic mass is 35.5. The molecule has 3 aromatic carbocycles. The minimum atomic E-state index is -0.390. The molecule has 0 bridgehead atoms. The van der Waals surface area contributed by atoms with E-state index in [1.54, 1.807) is 41.0 Å². The van der Waals surface area contributed by atoms with Crippen molar-refractivity contribution in [3.05, 3.63) is 94.2 Å². The summed E-state index contributed by atoms with van der Waals surface area (Å²) < 4.78 is 16.3. The Balaban J connectivity index is 1.57. The predicted molar refractivity (Wildman–Crippen MR) is 127 cm³/mol. The highest BCUT2D eigenvalue weighted by Gasteiger charge is 2.19. The van der Waals surface area contributed by atoms with Gasteiger partial charge in [-0.1, -0.05) is 83.5 Å². The molecule has 4 rings (SSSR count). The largest absolute Gasteiger partial charge is 0.324 e. The molecule has 0 aliphatic heterocycles. The normalized spacial score (nSPS) is 10.8. The molecule has 0 spiro atoms. The molecule has 0 saturated heterocycles. The van der Waals surface area contributed by atoms with Crippen LogP contribution in [0.4, 0.5) is 10.1 Å². The van der Waals surface area contributed by atoms with Crippen LogP contribution in [-0.4, -0.2) is 26.4 Å². The summed E-state index contributed by atoms with van der Waals surface area (Å²) in [5.41, 5.74) is 1.78. The number of rotatable bonds is 7. The molecule has 162 valence electrons. The zero-order chi connectivity index (χ0) is 22.5. The topological polar surface area (TPSA) is 59.8 Å². The summed E-state index contributed by atoms with van der Waals surface area (Å²) in [6.45, 7) is 0.432. The van der Waals surface area contributed by atoms with Crippen LogP contribution < -0.4 is 5.32 Å². The van der Waals surface area contributed by atoms with Gasteiger partial charge in [0, 0.05) is 0 Å². The van der Waals surface area contributed by atoms with Crippen LogP contribution in [0, 0.1) is 5.82 Å². The first-order chi connectivity index (χ1) is 15.5. The average molecular weight is 487 g/mol. The number of nitrogens with zero attached hydrogens (tertiary/aromatic N) is 3. The fourth-order valence-electron chi connectivity index (χ4n) is 3.06. The van der Waals surface area contributed by atoms with E-state index in [2.05, 4.69) is 15.5 Å². The minimum absolute atomic E-state index is 0.0625. The summed E-state index contributed by atoms with van der Waals surface area (Å²) in [6, 6.07) is 21.1. The third kappa shape index (κ3) is 5.12. The van der Waals surface area contributed by atoms with E-state index in [0.717, 1.165) is 5.56 Å². The van der Waals surface area contributed by atoms with Gasteiger partial charge in [0.25, 0.3) is 0 Å². The third-order valence-electron chi connectivity index (χ3n) is 4.57. The van der Waals surface area contributed by atoms with Gasteiger partial charge >= 0.3 is 0 Å². The van der Waals surface area contributed by atoms with Crippen LogP contribution in [0.2, 0.25) is 10.0 Å². The molecular formula is C23H17Cl2FN4OS. The smallest absolute Gasteiger partial charge is 0.234 e. The number of aromatic nitrogens is 3. The van der Waals surface area contributed by atoms with E-state index in [1.165, 1.54) is 17.8 Å². The van der Waals surface area contributed by atoms with Crippen LogP contribution >= 0.6 is 35.0 Å². The second kappa shape index (κ2) is 10.2. The number of hydrogen-bond donors (Lipinski definition) is 1. The molecule has 0 aliphatic carbocycles. The predicted octanol–water partition coefficient (Wildman–Crippen LogP) is 6.17. The summed E-state index contributed by atoms with van der Waals surface area (Å²) in [5, 5.41) is 12.3. The van der Waals surface area contributed by atoms with E-state index < -0.39 is 0 Å². The maximum absolute atomic E-state index is 14.5. The standard InChI is InChI=1S/C23H17Cl2FN4OS/c24-17-10-6-12-19(21(17)25)27-20(31)14-32-23-29-28-22(16-9-4-5-11-18(16)26)30(23)13-15-7-2-1-3-8-15/h1-12H,13-14H2,(H,27,31). The van der Waals surface area contributed by atoms with Gasteiger partial charge in [0.1, 0.15) is 5.82 Å². The first kappa shape index (κ1) is 22.3. The van der Waals surface area contributed by atoms with E-state index in [0.29, 0.717) is 33.8 Å². The van der Waals surface area contributed by atoms with E-state index in [1.807, 2.05) is 30.3 Å². The van der Waals surface area contributed by atoms with Crippen LogP contribution in [0.3, 0.4) is 0 Å². The number of anilines is 1. The molecule has 9 heteroatoms. The van der Waals surface area contributed by atoms with E-state index in [-0.39, 0.29) is 22.5 Å². The van der Waals surface area contributed by atoms with Gasteiger partial charge < -0.3 is 5.32 Å². The maximum Gasteiger partial charge on any atom is 0.234 e. The Morgan fingerprint density at radius 1 is 0.969 bits per heavy atom. The number of benzene rings is 3. The number of thioether (sulfide) groups is 1. The molecule has 0 atom stereocenters. The monoisotopic (exact) mass is 486 g/mol. The van der Waals surface area contributed by atoms with Gasteiger partial charge in [-0.15, -0.1) is 10.2 Å². The zero-order valence-corrected chi connectivity index (χ0v) is 19.0. The van der Waals surface area contributed by atoms with Crippen LogP contribution in [0.25, 0.3) is 11.4 Å². The van der Waals surface area contributed by atoms with Crippen molar-refractivity contribution in [2.75, 3.05) is 11.1 Å². The minimum Gasteiger partial charge on any atom is -0.324 e. The molecule has 0 radical (unpaired) electrons. The highest BCUT2D eigenvalue weighted by Crippen LogP contribution is 2.30. The summed E-state index contributed by atoms with van der Waals surface area (Å²) in [6.07, 6.45) is 0. The Morgan fingerprint density at radius 2 is 1.72 bits per heavy atom. The molecular weight excluding hydrogens is 470 g/mol. The lowest BCUT2D eigenvalue weighted by Gasteiger charge is -2.11. The van der Waals surface area contributed by atoms with Crippen LogP contribution in [0.15, 0.2) is 78.0 Å². The van der Waals surface area contributed by atoms with Gasteiger partial charge in [-0.3, -0.25) is 9.36 Å². The second-order valence-corrected chi connectivity index (χ2v) is 8.52. The van der Waals surface area contributed by atoms with Gasteiger partial charge in [0.2, 0.25) is 5.91 Å². The summed E-state index contributed by atoms with van der Waals surface area (Å²) in [5.74, 6) is -0.208. The van der Waals surface area contributed by atoms with Crippen molar-refractivity contribution < 1.29 is 9.18 Å². The SMILES string of the molecule is O=C(CSc1nnc(-c2ccccc2F)n1Cc1ccccc1)Nc1cccc(Cl)c1Cl. The van der Waals surface area contributed by atoms with Crippen LogP contribution in [0.1, 0.15) is 5.56 Å². The zero-order valence-electron chi connectivity index (χ0n) is 16.6. The van der Waals surface area contributed by atoms with Crippen LogP contribution in [-0.2, 0) is 11.3 Å². The highest BCUT2D eigenvalue weighted by molar-refractivity contribution is 7.99. The summed E-state index contributed by atoms with van der Waals surface area (Å²) in [4.78, 5) is 12.5. The van der Waals surface area contributed by atoms with Gasteiger partial charge in [0.05, 0.1) is 33.6 Å². The van der Waals surface area contributed by atoms with Crippen molar-refractivity contribution in [1.29, 1.82) is 0 Å². The molecule has 0 aliphatic rings. The molecule has 0 saturated carbocycles. The Hall–Kier alpha value is -2.87. The van der Waals surface area contributed by atoms with Crippen molar-refractivity contribution in [3.8, 4) is 11.4 Å². The molecule has 1 amide bonds. The average Bonchev–Trinajstić information content (AvgIpc) is 3.18. The molecule has 4 aromatic rings. The number of carbonyl (C=O) groups is 1. The lowest BCUT2D eigenvalue weighted by molar-refractivity contribution is -0.113. The van der Waals surface area contributed by atoms with E-state index >= 15 is 0 Å². The number of amides is 1. The molecule has 1 aromatic heterocycles. The van der Waals surface area contributed by atoms with E-state index in [9.17, 15) is 9.18 Å². The molecule has 1 heterocycles. The Kier molecular flexibility index (Phi) is 7.09. The Morgan fingerprint density at radius 3 is 2.50 bits per heavy atom. The van der Waals surface area contributed by atoms with Crippen LogP contribution in [0.5, 0.6) is 0 Å². The summed E-state index contributed by atoms with van der Waals surface area (Å²) in [7, 11) is 0. The van der Waals surface area contributed by atoms with Crippen molar-refractivity contribution in [2.24, 2.45) is 0 Å². The van der Waals surface area contributed by atoms with E-state index in [4.69, 9.17) is 23.2 Å². The van der Waals surface area contributed by atoms with Gasteiger partial charge in [-0.05, 0) is 29.8 Å². The number of carbonyl (C=O) groups excluding carboxylic acids is 1. The Labute approximate surface area is 198 Å². The third-order valence-corrected chi connectivity index (χ3v) is 6.36. The fraction of sp³-hybridized carbons (Fsp3) is 0.0870. The number of nitrogens with one attached hydrogen (secondary N) is 1. The first-order valence-corrected chi connectivity index (χ1v) is 11.4. The fourth-order valence-corrected chi connectivity index (χ4v) is 4.15. The first-order valence-electron chi connectivity index (χ1n) is 9.61. The molecule has 0 fully saturated rings. The van der Waals surface area contributed by atoms with Crippen molar-refractivity contribution in [1.82, 2.24) is 14.8 Å².